The molecule has 0 saturated heterocycles. The lowest BCUT2D eigenvalue weighted by molar-refractivity contribution is -0.136. The predicted molar refractivity (Wildman–Crippen MR) is 92.9 cm³/mol. The SMILES string of the molecule is CC(C)CC1(CNC(=O)c2ccccc2SC(C)C(=O)O)CC1. The van der Waals surface area contributed by atoms with Gasteiger partial charge in [-0.3, -0.25) is 9.59 Å². The van der Waals surface area contributed by atoms with Crippen molar-refractivity contribution in [2.45, 2.75) is 50.2 Å². The van der Waals surface area contributed by atoms with Crippen molar-refractivity contribution in [2.75, 3.05) is 6.54 Å². The summed E-state index contributed by atoms with van der Waals surface area (Å²) >= 11 is 1.21. The Kier molecular flexibility index (Phi) is 5.74. The molecule has 0 spiro atoms. The molecule has 1 amide bonds. The highest BCUT2D eigenvalue weighted by atomic mass is 32.2. The molecule has 0 aliphatic heterocycles. The minimum atomic E-state index is -0.876. The lowest BCUT2D eigenvalue weighted by Crippen LogP contribution is -2.31. The number of amides is 1. The van der Waals surface area contributed by atoms with Crippen LogP contribution in [0.3, 0.4) is 0 Å². The first-order valence-electron chi connectivity index (χ1n) is 8.10. The number of thioether (sulfide) groups is 1. The number of carbonyl (C=O) groups is 2. The second kappa shape index (κ2) is 7.39. The fourth-order valence-electron chi connectivity index (χ4n) is 2.86. The van der Waals surface area contributed by atoms with Crippen molar-refractivity contribution in [1.82, 2.24) is 5.32 Å². The third-order valence-electron chi connectivity index (χ3n) is 4.21. The van der Waals surface area contributed by atoms with Crippen LogP contribution in [0, 0.1) is 11.3 Å². The zero-order valence-corrected chi connectivity index (χ0v) is 14.8. The number of hydrogen-bond acceptors (Lipinski definition) is 3. The van der Waals surface area contributed by atoms with Gasteiger partial charge in [-0.25, -0.2) is 0 Å². The Morgan fingerprint density at radius 3 is 2.48 bits per heavy atom. The highest BCUT2D eigenvalue weighted by Gasteiger charge is 2.42. The van der Waals surface area contributed by atoms with Crippen molar-refractivity contribution < 1.29 is 14.7 Å². The Morgan fingerprint density at radius 2 is 1.91 bits per heavy atom. The Balaban J connectivity index is 2.01. The highest BCUT2D eigenvalue weighted by Crippen LogP contribution is 2.50. The largest absolute Gasteiger partial charge is 0.480 e. The van der Waals surface area contributed by atoms with E-state index in [1.165, 1.54) is 24.6 Å². The number of hydrogen-bond donors (Lipinski definition) is 2. The van der Waals surface area contributed by atoms with Gasteiger partial charge in [0.15, 0.2) is 0 Å². The molecule has 4 nitrogen and oxygen atoms in total. The summed E-state index contributed by atoms with van der Waals surface area (Å²) in [6, 6.07) is 7.20. The summed E-state index contributed by atoms with van der Waals surface area (Å²) in [6.07, 6.45) is 3.50. The molecule has 1 aromatic rings. The first-order chi connectivity index (χ1) is 10.8. The lowest BCUT2D eigenvalue weighted by Gasteiger charge is -2.19. The molecule has 23 heavy (non-hydrogen) atoms. The molecule has 0 heterocycles. The van der Waals surface area contributed by atoms with Crippen molar-refractivity contribution in [1.29, 1.82) is 0 Å². The first-order valence-corrected chi connectivity index (χ1v) is 8.98. The molecule has 1 unspecified atom stereocenters. The van der Waals surface area contributed by atoms with Gasteiger partial charge < -0.3 is 10.4 Å². The number of nitrogens with one attached hydrogen (secondary N) is 1. The van der Waals surface area contributed by atoms with Gasteiger partial charge in [-0.2, -0.15) is 0 Å². The van der Waals surface area contributed by atoms with Gasteiger partial charge in [0, 0.05) is 11.4 Å². The van der Waals surface area contributed by atoms with Crippen LogP contribution in [0.5, 0.6) is 0 Å². The van der Waals surface area contributed by atoms with E-state index >= 15 is 0 Å². The van der Waals surface area contributed by atoms with Crippen LogP contribution in [0.25, 0.3) is 0 Å². The summed E-state index contributed by atoms with van der Waals surface area (Å²) in [4.78, 5) is 24.3. The zero-order chi connectivity index (χ0) is 17.0. The smallest absolute Gasteiger partial charge is 0.316 e. The minimum absolute atomic E-state index is 0.110. The molecular weight excluding hydrogens is 310 g/mol. The summed E-state index contributed by atoms with van der Waals surface area (Å²) in [5.74, 6) is -0.353. The summed E-state index contributed by atoms with van der Waals surface area (Å²) < 4.78 is 0. The Hall–Kier alpha value is -1.49. The van der Waals surface area contributed by atoms with E-state index in [-0.39, 0.29) is 11.3 Å². The maximum Gasteiger partial charge on any atom is 0.316 e. The molecule has 1 aliphatic rings. The maximum absolute atomic E-state index is 12.5. The minimum Gasteiger partial charge on any atom is -0.480 e. The Morgan fingerprint density at radius 1 is 1.26 bits per heavy atom. The van der Waals surface area contributed by atoms with Crippen LogP contribution in [0.15, 0.2) is 29.2 Å². The lowest BCUT2D eigenvalue weighted by atomic mass is 9.94. The molecule has 2 N–H and O–H groups in total. The van der Waals surface area contributed by atoms with Gasteiger partial charge in [-0.1, -0.05) is 26.0 Å². The topological polar surface area (TPSA) is 66.4 Å². The molecule has 126 valence electrons. The molecule has 0 aromatic heterocycles. The second-order valence-corrected chi connectivity index (χ2v) is 8.26. The monoisotopic (exact) mass is 335 g/mol. The summed E-state index contributed by atoms with van der Waals surface area (Å²) in [5, 5.41) is 11.5. The van der Waals surface area contributed by atoms with Crippen LogP contribution in [0.1, 0.15) is 50.4 Å². The van der Waals surface area contributed by atoms with Crippen molar-refractivity contribution >= 4 is 23.6 Å². The van der Waals surface area contributed by atoms with Gasteiger partial charge >= 0.3 is 5.97 Å². The molecule has 5 heteroatoms. The van der Waals surface area contributed by atoms with Crippen LogP contribution in [-0.4, -0.2) is 28.8 Å². The summed E-state index contributed by atoms with van der Waals surface area (Å²) in [6.45, 7) is 6.75. The van der Waals surface area contributed by atoms with E-state index in [0.717, 1.165) is 6.42 Å². The fourth-order valence-corrected chi connectivity index (χ4v) is 3.78. The normalized spacial score (nSPS) is 16.9. The van der Waals surface area contributed by atoms with Gasteiger partial charge in [-0.05, 0) is 49.7 Å². The van der Waals surface area contributed by atoms with Gasteiger partial charge in [-0.15, -0.1) is 11.8 Å². The molecule has 1 atom stereocenters. The number of rotatable bonds is 8. The van der Waals surface area contributed by atoms with Crippen LogP contribution in [-0.2, 0) is 4.79 Å². The number of benzene rings is 1. The van der Waals surface area contributed by atoms with E-state index in [4.69, 9.17) is 5.11 Å². The van der Waals surface area contributed by atoms with Gasteiger partial charge in [0.2, 0.25) is 0 Å². The van der Waals surface area contributed by atoms with Crippen LogP contribution in [0.4, 0.5) is 0 Å². The highest BCUT2D eigenvalue weighted by molar-refractivity contribution is 8.00. The van der Waals surface area contributed by atoms with E-state index < -0.39 is 11.2 Å². The molecule has 0 radical (unpaired) electrons. The molecule has 1 fully saturated rings. The number of carboxylic acid groups (broad SMARTS) is 1. The quantitative estimate of drug-likeness (QED) is 0.709. The first kappa shape index (κ1) is 17.9. The average molecular weight is 335 g/mol. The van der Waals surface area contributed by atoms with Crippen molar-refractivity contribution in [3.8, 4) is 0 Å². The van der Waals surface area contributed by atoms with Crippen LogP contribution < -0.4 is 5.32 Å². The van der Waals surface area contributed by atoms with E-state index in [9.17, 15) is 9.59 Å². The number of aliphatic carboxylic acids is 1. The zero-order valence-electron chi connectivity index (χ0n) is 14.0. The van der Waals surface area contributed by atoms with Crippen LogP contribution >= 0.6 is 11.8 Å². The summed E-state index contributed by atoms with van der Waals surface area (Å²) in [7, 11) is 0. The van der Waals surface area contributed by atoms with E-state index in [0.29, 0.717) is 22.9 Å². The second-order valence-electron chi connectivity index (χ2n) is 6.88. The molecule has 1 saturated carbocycles. The molecule has 1 aliphatic carbocycles. The Labute approximate surface area is 142 Å². The Bertz CT molecular complexity index is 581. The summed E-state index contributed by atoms with van der Waals surface area (Å²) in [5.41, 5.74) is 0.839. The standard InChI is InChI=1S/C18H25NO3S/c1-12(2)10-18(8-9-18)11-19-16(20)14-6-4-5-7-15(14)23-13(3)17(21)22/h4-7,12-13H,8-11H2,1-3H3,(H,19,20)(H,21,22). The third-order valence-corrected chi connectivity index (χ3v) is 5.37. The molecule has 2 rings (SSSR count). The maximum atomic E-state index is 12.5. The fraction of sp³-hybridized carbons (Fsp3) is 0.556. The predicted octanol–water partition coefficient (Wildman–Crippen LogP) is 3.81. The average Bonchev–Trinajstić information content (AvgIpc) is 3.24. The van der Waals surface area contributed by atoms with Crippen molar-refractivity contribution in [2.24, 2.45) is 11.3 Å². The van der Waals surface area contributed by atoms with Crippen molar-refractivity contribution in [3.63, 3.8) is 0 Å². The van der Waals surface area contributed by atoms with E-state index in [2.05, 4.69) is 19.2 Å². The van der Waals surface area contributed by atoms with Gasteiger partial charge in [0.25, 0.3) is 5.91 Å². The van der Waals surface area contributed by atoms with Gasteiger partial charge in [0.1, 0.15) is 5.25 Å². The van der Waals surface area contributed by atoms with Crippen LogP contribution in [0.2, 0.25) is 0 Å². The van der Waals surface area contributed by atoms with E-state index in [1.807, 2.05) is 12.1 Å². The number of carboxylic acids is 1. The molecule has 0 bridgehead atoms. The molecular formula is C18H25NO3S. The van der Waals surface area contributed by atoms with Gasteiger partial charge in [0.05, 0.1) is 5.56 Å². The number of carbonyl (C=O) groups excluding carboxylic acids is 1. The molecule has 1 aromatic carbocycles. The van der Waals surface area contributed by atoms with E-state index in [1.54, 1.807) is 19.1 Å². The van der Waals surface area contributed by atoms with Crippen molar-refractivity contribution in [3.05, 3.63) is 29.8 Å². The third kappa shape index (κ3) is 4.99.